The Morgan fingerprint density at radius 2 is 1.60 bits per heavy atom. The summed E-state index contributed by atoms with van der Waals surface area (Å²) >= 11 is 24.4. The molecule has 0 saturated carbocycles. The zero-order valence-electron chi connectivity index (χ0n) is 15.6. The maximum atomic E-state index is 13.3. The number of halogens is 4. The number of ether oxygens (including phenoxy) is 1. The van der Waals surface area contributed by atoms with Crippen LogP contribution in [0.1, 0.15) is 11.1 Å². The van der Waals surface area contributed by atoms with Gasteiger partial charge in [0.25, 0.3) is 0 Å². The Morgan fingerprint density at radius 1 is 0.867 bits per heavy atom. The Hall–Kier alpha value is -2.17. The second-order valence-corrected chi connectivity index (χ2v) is 8.41. The molecule has 3 nitrogen and oxygen atoms in total. The van der Waals surface area contributed by atoms with Crippen LogP contribution in [0, 0.1) is 6.92 Å². The van der Waals surface area contributed by atoms with Crippen LogP contribution >= 0.6 is 46.4 Å². The number of hydrogen-bond acceptors (Lipinski definition) is 3. The molecule has 0 N–H and O–H groups in total. The molecule has 1 aromatic heterocycles. The lowest BCUT2D eigenvalue weighted by atomic mass is 10.1. The van der Waals surface area contributed by atoms with Crippen molar-refractivity contribution in [1.29, 1.82) is 0 Å². The number of fused-ring (bicyclic) bond motifs is 1. The molecule has 0 aliphatic carbocycles. The first-order chi connectivity index (χ1) is 14.3. The van der Waals surface area contributed by atoms with Crippen LogP contribution in [0.5, 0.6) is 5.75 Å². The van der Waals surface area contributed by atoms with Gasteiger partial charge in [-0.2, -0.15) is 0 Å². The molecule has 0 amide bonds. The summed E-state index contributed by atoms with van der Waals surface area (Å²) in [5, 5.41) is 1.67. The number of hydrogen-bond donors (Lipinski definition) is 0. The van der Waals surface area contributed by atoms with Gasteiger partial charge in [-0.15, -0.1) is 0 Å². The van der Waals surface area contributed by atoms with Gasteiger partial charge in [0, 0.05) is 10.6 Å². The van der Waals surface area contributed by atoms with Crippen molar-refractivity contribution in [1.82, 2.24) is 0 Å². The smallest absolute Gasteiger partial charge is 0.235 e. The van der Waals surface area contributed by atoms with Crippen LogP contribution in [0.4, 0.5) is 0 Å². The molecule has 1 heterocycles. The average Bonchev–Trinajstić information content (AvgIpc) is 2.71. The van der Waals surface area contributed by atoms with Crippen LogP contribution in [0.25, 0.3) is 22.3 Å². The second kappa shape index (κ2) is 8.52. The van der Waals surface area contributed by atoms with E-state index < -0.39 is 0 Å². The molecule has 0 saturated heterocycles. The lowest BCUT2D eigenvalue weighted by Gasteiger charge is -2.13. The fraction of sp³-hybridized carbons (Fsp3) is 0.0870. The first kappa shape index (κ1) is 21.1. The minimum atomic E-state index is -0.365. The van der Waals surface area contributed by atoms with Crippen molar-refractivity contribution in [2.75, 3.05) is 0 Å². The summed E-state index contributed by atoms with van der Waals surface area (Å²) in [5.74, 6) is 0.354. The van der Waals surface area contributed by atoms with E-state index in [9.17, 15) is 4.79 Å². The minimum Gasteiger partial charge on any atom is -0.481 e. The predicted octanol–water partition coefficient (Wildman–Crippen LogP) is 7.96. The van der Waals surface area contributed by atoms with E-state index in [4.69, 9.17) is 55.6 Å². The maximum Gasteiger partial charge on any atom is 0.235 e. The van der Waals surface area contributed by atoms with Crippen LogP contribution in [0.2, 0.25) is 20.1 Å². The van der Waals surface area contributed by atoms with Gasteiger partial charge in [-0.05, 0) is 36.8 Å². The van der Waals surface area contributed by atoms with Crippen molar-refractivity contribution in [2.24, 2.45) is 0 Å². The van der Waals surface area contributed by atoms with E-state index in [1.54, 1.807) is 18.2 Å². The van der Waals surface area contributed by atoms with Gasteiger partial charge < -0.3 is 9.15 Å². The molecule has 152 valence electrons. The van der Waals surface area contributed by atoms with Crippen molar-refractivity contribution in [2.45, 2.75) is 13.5 Å². The van der Waals surface area contributed by atoms with Crippen LogP contribution < -0.4 is 10.2 Å². The average molecular weight is 480 g/mol. The first-order valence-electron chi connectivity index (χ1n) is 8.93. The highest BCUT2D eigenvalue weighted by Gasteiger charge is 2.20. The third kappa shape index (κ3) is 4.17. The third-order valence-corrected chi connectivity index (χ3v) is 5.79. The van der Waals surface area contributed by atoms with Crippen LogP contribution in [-0.4, -0.2) is 0 Å². The fourth-order valence-corrected chi connectivity index (χ4v) is 3.87. The van der Waals surface area contributed by atoms with Crippen LogP contribution in [0.3, 0.4) is 0 Å². The van der Waals surface area contributed by atoms with Gasteiger partial charge in [0.05, 0.1) is 20.5 Å². The van der Waals surface area contributed by atoms with E-state index in [-0.39, 0.29) is 39.5 Å². The molecule has 0 fully saturated rings. The molecular formula is C23H14Cl4O3. The molecule has 3 aromatic carbocycles. The number of rotatable bonds is 4. The molecule has 4 rings (SSSR count). The van der Waals surface area contributed by atoms with Gasteiger partial charge in [0.1, 0.15) is 6.61 Å². The van der Waals surface area contributed by atoms with E-state index >= 15 is 0 Å². The van der Waals surface area contributed by atoms with Crippen molar-refractivity contribution in [3.05, 3.63) is 96.0 Å². The SMILES string of the molecule is Cc1ccc(-c2oc3c(Cl)cc(Cl)cc3c(=O)c2OCc2ccc(Cl)c(Cl)c2)cc1. The predicted molar refractivity (Wildman–Crippen MR) is 123 cm³/mol. The zero-order valence-corrected chi connectivity index (χ0v) is 18.7. The molecule has 0 aliphatic rings. The zero-order chi connectivity index (χ0) is 21.4. The molecule has 30 heavy (non-hydrogen) atoms. The quantitative estimate of drug-likeness (QED) is 0.298. The highest BCUT2D eigenvalue weighted by Crippen LogP contribution is 2.35. The first-order valence-corrected chi connectivity index (χ1v) is 10.4. The lowest BCUT2D eigenvalue weighted by molar-refractivity contribution is 0.298. The largest absolute Gasteiger partial charge is 0.481 e. The molecule has 0 atom stereocenters. The van der Waals surface area contributed by atoms with Gasteiger partial charge in [0.2, 0.25) is 11.2 Å². The molecule has 0 unspecified atom stereocenters. The van der Waals surface area contributed by atoms with Crippen molar-refractivity contribution < 1.29 is 9.15 Å². The summed E-state index contributed by atoms with van der Waals surface area (Å²) in [4.78, 5) is 13.3. The van der Waals surface area contributed by atoms with Gasteiger partial charge in [-0.1, -0.05) is 82.3 Å². The van der Waals surface area contributed by atoms with E-state index in [0.29, 0.717) is 20.6 Å². The standard InChI is InChI=1S/C23H14Cl4O3/c1-12-2-5-14(6-3-12)21-23(29-11-13-4-7-17(25)18(26)8-13)20(28)16-9-15(24)10-19(27)22(16)30-21/h2-10H,11H2,1H3. The van der Waals surface area contributed by atoms with Crippen LogP contribution in [-0.2, 0) is 6.61 Å². The molecule has 0 spiro atoms. The Bertz CT molecular complexity index is 1310. The molecule has 0 aliphatic heterocycles. The number of benzene rings is 3. The van der Waals surface area contributed by atoms with Crippen molar-refractivity contribution in [3.63, 3.8) is 0 Å². The summed E-state index contributed by atoms with van der Waals surface area (Å²) in [5.41, 5.74) is 2.41. The molecule has 7 heteroatoms. The summed E-state index contributed by atoms with van der Waals surface area (Å²) < 4.78 is 12.0. The fourth-order valence-electron chi connectivity index (χ4n) is 3.02. The van der Waals surface area contributed by atoms with Crippen molar-refractivity contribution in [3.8, 4) is 17.1 Å². The van der Waals surface area contributed by atoms with Crippen molar-refractivity contribution >= 4 is 57.4 Å². The molecular weight excluding hydrogens is 466 g/mol. The Balaban J connectivity index is 1.87. The second-order valence-electron chi connectivity index (χ2n) is 6.76. The summed E-state index contributed by atoms with van der Waals surface area (Å²) in [7, 11) is 0. The minimum absolute atomic E-state index is 0.0655. The summed E-state index contributed by atoms with van der Waals surface area (Å²) in [6.45, 7) is 2.07. The van der Waals surface area contributed by atoms with Gasteiger partial charge in [-0.3, -0.25) is 4.79 Å². The number of aryl methyl sites for hydroxylation is 1. The lowest BCUT2D eigenvalue weighted by Crippen LogP contribution is -2.10. The van der Waals surface area contributed by atoms with Gasteiger partial charge in [-0.25, -0.2) is 0 Å². The topological polar surface area (TPSA) is 39.4 Å². The monoisotopic (exact) mass is 478 g/mol. The molecule has 0 radical (unpaired) electrons. The highest BCUT2D eigenvalue weighted by molar-refractivity contribution is 6.42. The van der Waals surface area contributed by atoms with Crippen LogP contribution in [0.15, 0.2) is 63.8 Å². The molecule has 0 bridgehead atoms. The van der Waals surface area contributed by atoms with E-state index in [0.717, 1.165) is 11.1 Å². The highest BCUT2D eigenvalue weighted by atomic mass is 35.5. The summed E-state index contributed by atoms with van der Waals surface area (Å²) in [6.07, 6.45) is 0. The Kier molecular flexibility index (Phi) is 5.99. The normalized spacial score (nSPS) is 11.1. The van der Waals surface area contributed by atoms with E-state index in [1.807, 2.05) is 31.2 Å². The van der Waals surface area contributed by atoms with E-state index in [1.165, 1.54) is 12.1 Å². The summed E-state index contributed by atoms with van der Waals surface area (Å²) in [6, 6.07) is 15.7. The Labute approximate surface area is 192 Å². The van der Waals surface area contributed by atoms with Gasteiger partial charge in [0.15, 0.2) is 11.3 Å². The maximum absolute atomic E-state index is 13.3. The molecule has 4 aromatic rings. The third-order valence-electron chi connectivity index (χ3n) is 4.55. The van der Waals surface area contributed by atoms with E-state index in [2.05, 4.69) is 0 Å². The Morgan fingerprint density at radius 3 is 2.30 bits per heavy atom. The van der Waals surface area contributed by atoms with Gasteiger partial charge >= 0.3 is 0 Å².